The number of alkyl halides is 2. The van der Waals surface area contributed by atoms with E-state index in [1.807, 2.05) is 18.5 Å². The first kappa shape index (κ1) is 13.5. The second-order valence-electron chi connectivity index (χ2n) is 6.38. The molecule has 110 valence electrons. The van der Waals surface area contributed by atoms with E-state index in [0.717, 1.165) is 24.8 Å². The van der Waals surface area contributed by atoms with Crippen LogP contribution in [0.3, 0.4) is 0 Å². The highest BCUT2D eigenvalue weighted by Crippen LogP contribution is 2.54. The second kappa shape index (κ2) is 4.27. The van der Waals surface area contributed by atoms with Gasteiger partial charge >= 0.3 is 0 Å². The minimum atomic E-state index is -2.58. The van der Waals surface area contributed by atoms with Gasteiger partial charge in [0.05, 0.1) is 11.7 Å². The first-order valence-electron chi connectivity index (χ1n) is 7.04. The number of halogens is 2. The van der Waals surface area contributed by atoms with Crippen molar-refractivity contribution in [2.45, 2.75) is 63.3 Å². The molecular formula is C14H19F2N3O. The number of nitrogens with zero attached hydrogens (tertiary/aromatic N) is 2. The molecule has 1 heterocycles. The van der Waals surface area contributed by atoms with Gasteiger partial charge in [-0.05, 0) is 26.2 Å². The van der Waals surface area contributed by atoms with Crippen molar-refractivity contribution in [2.75, 3.05) is 5.32 Å². The zero-order valence-corrected chi connectivity index (χ0v) is 11.7. The Labute approximate surface area is 116 Å². The average Bonchev–Trinajstić information content (AvgIpc) is 2.54. The Morgan fingerprint density at radius 3 is 2.50 bits per heavy atom. The van der Waals surface area contributed by atoms with E-state index in [-0.39, 0.29) is 18.9 Å². The predicted octanol–water partition coefficient (Wildman–Crippen LogP) is 3.17. The molecule has 2 aliphatic carbocycles. The third-order valence-corrected chi connectivity index (χ3v) is 4.63. The highest BCUT2D eigenvalue weighted by molar-refractivity contribution is 5.72. The smallest absolute Gasteiger partial charge is 0.250 e. The fourth-order valence-corrected chi connectivity index (χ4v) is 3.47. The van der Waals surface area contributed by atoms with E-state index >= 15 is 0 Å². The van der Waals surface area contributed by atoms with Crippen molar-refractivity contribution in [3.63, 3.8) is 0 Å². The van der Waals surface area contributed by atoms with Gasteiger partial charge in [0.15, 0.2) is 0 Å². The van der Waals surface area contributed by atoms with Crippen molar-refractivity contribution in [1.29, 1.82) is 0 Å². The van der Waals surface area contributed by atoms with Crippen LogP contribution in [0, 0.1) is 6.92 Å². The molecule has 2 aliphatic rings. The molecule has 6 heteroatoms. The zero-order valence-electron chi connectivity index (χ0n) is 11.7. The highest BCUT2D eigenvalue weighted by atomic mass is 19.3. The molecule has 20 heavy (non-hydrogen) atoms. The molecule has 0 bridgehead atoms. The highest BCUT2D eigenvalue weighted by Gasteiger charge is 2.56. The monoisotopic (exact) mass is 283 g/mol. The molecule has 2 fully saturated rings. The molecule has 1 amide bonds. The van der Waals surface area contributed by atoms with Gasteiger partial charge in [-0.15, -0.1) is 0 Å². The SMILES string of the molecule is Cc1c(C2(C)CC(F)(F)C2)nn(C2CCC2)c1NC=O. The first-order valence-corrected chi connectivity index (χ1v) is 7.04. The van der Waals surface area contributed by atoms with E-state index in [4.69, 9.17) is 0 Å². The summed E-state index contributed by atoms with van der Waals surface area (Å²) in [5.41, 5.74) is 0.948. The van der Waals surface area contributed by atoms with Crippen LogP contribution in [-0.4, -0.2) is 22.1 Å². The Balaban J connectivity index is 1.97. The molecule has 1 aromatic rings. The van der Waals surface area contributed by atoms with Crippen LogP contribution in [0.1, 0.15) is 56.3 Å². The van der Waals surface area contributed by atoms with Crippen LogP contribution in [0.2, 0.25) is 0 Å². The van der Waals surface area contributed by atoms with Crippen LogP contribution >= 0.6 is 0 Å². The van der Waals surface area contributed by atoms with Crippen LogP contribution in [0.25, 0.3) is 0 Å². The summed E-state index contributed by atoms with van der Waals surface area (Å²) in [5, 5.41) is 7.26. The molecule has 0 aliphatic heterocycles. The van der Waals surface area contributed by atoms with Crippen LogP contribution < -0.4 is 5.32 Å². The Morgan fingerprint density at radius 1 is 1.40 bits per heavy atom. The number of rotatable bonds is 4. The molecule has 0 unspecified atom stereocenters. The van der Waals surface area contributed by atoms with Crippen molar-refractivity contribution in [2.24, 2.45) is 0 Å². The molecule has 0 radical (unpaired) electrons. The lowest BCUT2D eigenvalue weighted by molar-refractivity contribution is -0.122. The third kappa shape index (κ3) is 1.93. The molecule has 3 rings (SSSR count). The van der Waals surface area contributed by atoms with Crippen LogP contribution in [0.4, 0.5) is 14.6 Å². The molecular weight excluding hydrogens is 264 g/mol. The van der Waals surface area contributed by atoms with Gasteiger partial charge in [0, 0.05) is 23.8 Å². The predicted molar refractivity (Wildman–Crippen MR) is 71.1 cm³/mol. The fraction of sp³-hybridized carbons (Fsp3) is 0.714. The fourth-order valence-electron chi connectivity index (χ4n) is 3.47. The Bertz CT molecular complexity index is 541. The summed E-state index contributed by atoms with van der Waals surface area (Å²) in [5.74, 6) is -1.92. The molecule has 1 N–H and O–H groups in total. The van der Waals surface area contributed by atoms with Gasteiger partial charge in [-0.1, -0.05) is 6.92 Å². The number of hydrogen-bond acceptors (Lipinski definition) is 2. The summed E-state index contributed by atoms with van der Waals surface area (Å²) in [6, 6.07) is 0.286. The minimum absolute atomic E-state index is 0.164. The number of anilines is 1. The molecule has 0 saturated heterocycles. The summed E-state index contributed by atoms with van der Waals surface area (Å²) < 4.78 is 28.3. The van der Waals surface area contributed by atoms with E-state index in [2.05, 4.69) is 10.4 Å². The number of nitrogens with one attached hydrogen (secondary N) is 1. The van der Waals surface area contributed by atoms with Gasteiger partial charge in [-0.3, -0.25) is 4.79 Å². The maximum absolute atomic E-state index is 13.2. The van der Waals surface area contributed by atoms with Crippen molar-refractivity contribution in [3.05, 3.63) is 11.3 Å². The summed E-state index contributed by atoms with van der Waals surface area (Å²) in [7, 11) is 0. The largest absolute Gasteiger partial charge is 0.313 e. The zero-order chi connectivity index (χ0) is 14.5. The average molecular weight is 283 g/mol. The maximum Gasteiger partial charge on any atom is 0.250 e. The van der Waals surface area contributed by atoms with Crippen LogP contribution in [0.5, 0.6) is 0 Å². The lowest BCUT2D eigenvalue weighted by Crippen LogP contribution is -2.47. The summed E-state index contributed by atoms with van der Waals surface area (Å²) in [6.45, 7) is 3.68. The van der Waals surface area contributed by atoms with Gasteiger partial charge < -0.3 is 5.32 Å². The van der Waals surface area contributed by atoms with Crippen LogP contribution in [0.15, 0.2) is 0 Å². The molecule has 4 nitrogen and oxygen atoms in total. The quantitative estimate of drug-likeness (QED) is 0.863. The molecule has 1 aromatic heterocycles. The number of carbonyl (C=O) groups excluding carboxylic acids is 1. The Morgan fingerprint density at radius 2 is 2.05 bits per heavy atom. The lowest BCUT2D eigenvalue weighted by atomic mass is 9.65. The first-order chi connectivity index (χ1) is 9.36. The number of carbonyl (C=O) groups is 1. The van der Waals surface area contributed by atoms with Gasteiger partial charge in [0.1, 0.15) is 5.82 Å². The van der Waals surface area contributed by atoms with Crippen LogP contribution in [-0.2, 0) is 10.2 Å². The van der Waals surface area contributed by atoms with Crippen molar-refractivity contribution < 1.29 is 13.6 Å². The van der Waals surface area contributed by atoms with Gasteiger partial charge in [0.2, 0.25) is 12.3 Å². The summed E-state index contributed by atoms with van der Waals surface area (Å²) in [6.07, 6.45) is 3.50. The molecule has 0 spiro atoms. The standard InChI is InChI=1S/C14H19F2N3O/c1-9-11(13(2)6-14(15,16)7-13)18-19(10-4-3-5-10)12(9)17-8-20/h8,10H,3-7H2,1-2H3,(H,17,20). The molecule has 0 atom stereocenters. The normalized spacial score (nSPS) is 23.8. The molecule has 0 aromatic carbocycles. The number of aromatic nitrogens is 2. The summed E-state index contributed by atoms with van der Waals surface area (Å²) in [4.78, 5) is 10.8. The number of amides is 1. The van der Waals surface area contributed by atoms with Crippen molar-refractivity contribution in [1.82, 2.24) is 9.78 Å². The van der Waals surface area contributed by atoms with E-state index in [1.54, 1.807) is 0 Å². The van der Waals surface area contributed by atoms with Crippen molar-refractivity contribution in [3.8, 4) is 0 Å². The summed E-state index contributed by atoms with van der Waals surface area (Å²) >= 11 is 0. The van der Waals surface area contributed by atoms with Gasteiger partial charge in [0.25, 0.3) is 0 Å². The van der Waals surface area contributed by atoms with E-state index in [9.17, 15) is 13.6 Å². The van der Waals surface area contributed by atoms with E-state index in [0.29, 0.717) is 17.9 Å². The molecule has 2 saturated carbocycles. The second-order valence-corrected chi connectivity index (χ2v) is 6.38. The minimum Gasteiger partial charge on any atom is -0.313 e. The Kier molecular flexibility index (Phi) is 2.88. The van der Waals surface area contributed by atoms with Gasteiger partial charge in [-0.2, -0.15) is 5.10 Å². The number of hydrogen-bond donors (Lipinski definition) is 1. The Hall–Kier alpha value is -1.46. The van der Waals surface area contributed by atoms with Crippen molar-refractivity contribution >= 4 is 12.2 Å². The van der Waals surface area contributed by atoms with E-state index < -0.39 is 11.3 Å². The maximum atomic E-state index is 13.2. The third-order valence-electron chi connectivity index (χ3n) is 4.63. The van der Waals surface area contributed by atoms with Gasteiger partial charge in [-0.25, -0.2) is 13.5 Å². The topological polar surface area (TPSA) is 46.9 Å². The lowest BCUT2D eigenvalue weighted by Gasteiger charge is -2.44. The van der Waals surface area contributed by atoms with E-state index in [1.165, 1.54) is 0 Å².